The van der Waals surface area contributed by atoms with E-state index in [1.165, 1.54) is 0 Å². The van der Waals surface area contributed by atoms with E-state index in [-0.39, 0.29) is 5.91 Å². The molecular formula is C17H15BrN2O2. The number of hydrogen-bond donors (Lipinski definition) is 2. The van der Waals surface area contributed by atoms with Crippen LogP contribution in [0.4, 0.5) is 5.69 Å². The number of nitrogens with one attached hydrogen (secondary N) is 2. The van der Waals surface area contributed by atoms with Gasteiger partial charge in [-0.3, -0.25) is 4.79 Å². The predicted molar refractivity (Wildman–Crippen MR) is 91.3 cm³/mol. The van der Waals surface area contributed by atoms with E-state index < -0.39 is 0 Å². The molecule has 22 heavy (non-hydrogen) atoms. The van der Waals surface area contributed by atoms with E-state index in [1.54, 1.807) is 7.11 Å². The quantitative estimate of drug-likeness (QED) is 0.736. The Labute approximate surface area is 136 Å². The van der Waals surface area contributed by atoms with E-state index in [0.717, 1.165) is 32.4 Å². The van der Waals surface area contributed by atoms with Crippen LogP contribution in [0, 0.1) is 0 Å². The molecule has 0 aliphatic carbocycles. The molecule has 0 bridgehead atoms. The normalized spacial score (nSPS) is 10.6. The molecular weight excluding hydrogens is 344 g/mol. The maximum absolute atomic E-state index is 12.2. The zero-order valence-electron chi connectivity index (χ0n) is 12.0. The van der Waals surface area contributed by atoms with Crippen molar-refractivity contribution in [2.75, 3.05) is 12.4 Å². The molecule has 4 nitrogen and oxygen atoms in total. The lowest BCUT2D eigenvalue weighted by Gasteiger charge is -2.05. The standard InChI is InChI=1S/C17H15BrN2O2/c1-22-14-6-7-16-15(9-14)11(10-19-16)8-17(21)20-13-4-2-12(18)3-5-13/h2-7,9-10,19H,8H2,1H3,(H,20,21). The Morgan fingerprint density at radius 1 is 1.23 bits per heavy atom. The van der Waals surface area contributed by atoms with Gasteiger partial charge in [0.05, 0.1) is 13.5 Å². The first-order chi connectivity index (χ1) is 10.7. The third-order valence-electron chi connectivity index (χ3n) is 3.45. The summed E-state index contributed by atoms with van der Waals surface area (Å²) in [6.45, 7) is 0. The van der Waals surface area contributed by atoms with Crippen LogP contribution < -0.4 is 10.1 Å². The highest BCUT2D eigenvalue weighted by atomic mass is 79.9. The number of aromatic amines is 1. The molecule has 0 spiro atoms. The average Bonchev–Trinajstić information content (AvgIpc) is 2.91. The van der Waals surface area contributed by atoms with Gasteiger partial charge < -0.3 is 15.0 Å². The molecule has 0 aliphatic rings. The van der Waals surface area contributed by atoms with Crippen LogP contribution in [0.5, 0.6) is 5.75 Å². The number of fused-ring (bicyclic) bond motifs is 1. The monoisotopic (exact) mass is 358 g/mol. The summed E-state index contributed by atoms with van der Waals surface area (Å²) >= 11 is 3.37. The lowest BCUT2D eigenvalue weighted by atomic mass is 10.1. The molecule has 3 aromatic rings. The van der Waals surface area contributed by atoms with Gasteiger partial charge in [0.1, 0.15) is 5.75 Å². The first-order valence-electron chi connectivity index (χ1n) is 6.85. The van der Waals surface area contributed by atoms with E-state index in [2.05, 4.69) is 26.2 Å². The molecule has 0 radical (unpaired) electrons. The molecule has 1 aromatic heterocycles. The largest absolute Gasteiger partial charge is 0.497 e. The van der Waals surface area contributed by atoms with Gasteiger partial charge >= 0.3 is 0 Å². The Balaban J connectivity index is 1.77. The maximum atomic E-state index is 12.2. The predicted octanol–water partition coefficient (Wildman–Crippen LogP) is 4.12. The summed E-state index contributed by atoms with van der Waals surface area (Å²) in [6, 6.07) is 13.3. The average molecular weight is 359 g/mol. The van der Waals surface area contributed by atoms with Gasteiger partial charge in [-0.15, -0.1) is 0 Å². The number of methoxy groups -OCH3 is 1. The second-order valence-electron chi connectivity index (χ2n) is 4.96. The smallest absolute Gasteiger partial charge is 0.228 e. The van der Waals surface area contributed by atoms with Crippen molar-refractivity contribution in [2.45, 2.75) is 6.42 Å². The first kappa shape index (κ1) is 14.7. The number of carbonyl (C=O) groups is 1. The summed E-state index contributed by atoms with van der Waals surface area (Å²) in [6.07, 6.45) is 2.18. The minimum atomic E-state index is -0.0500. The second-order valence-corrected chi connectivity index (χ2v) is 5.87. The van der Waals surface area contributed by atoms with Crippen molar-refractivity contribution < 1.29 is 9.53 Å². The van der Waals surface area contributed by atoms with Crippen LogP contribution >= 0.6 is 15.9 Å². The summed E-state index contributed by atoms with van der Waals surface area (Å²) in [7, 11) is 1.63. The highest BCUT2D eigenvalue weighted by Gasteiger charge is 2.10. The lowest BCUT2D eigenvalue weighted by molar-refractivity contribution is -0.115. The topological polar surface area (TPSA) is 54.1 Å². The van der Waals surface area contributed by atoms with E-state index in [9.17, 15) is 4.79 Å². The molecule has 0 aliphatic heterocycles. The number of amides is 1. The number of H-pyrrole nitrogens is 1. The molecule has 0 saturated heterocycles. The van der Waals surface area contributed by atoms with Gasteiger partial charge in [-0.25, -0.2) is 0 Å². The number of anilines is 1. The third kappa shape index (κ3) is 3.14. The SMILES string of the molecule is COc1ccc2[nH]cc(CC(=O)Nc3ccc(Br)cc3)c2c1. The van der Waals surface area contributed by atoms with Gasteiger partial charge in [0, 0.05) is 27.3 Å². The second kappa shape index (κ2) is 6.23. The van der Waals surface area contributed by atoms with Crippen molar-refractivity contribution in [2.24, 2.45) is 0 Å². The van der Waals surface area contributed by atoms with Gasteiger partial charge in [-0.1, -0.05) is 15.9 Å². The molecule has 0 fully saturated rings. The fourth-order valence-corrected chi connectivity index (χ4v) is 2.61. The van der Waals surface area contributed by atoms with Crippen molar-refractivity contribution in [1.29, 1.82) is 0 Å². The van der Waals surface area contributed by atoms with Gasteiger partial charge in [0.2, 0.25) is 5.91 Å². The van der Waals surface area contributed by atoms with Crippen molar-refractivity contribution in [3.8, 4) is 5.75 Å². The fourth-order valence-electron chi connectivity index (χ4n) is 2.34. The molecule has 2 N–H and O–H groups in total. The Morgan fingerprint density at radius 2 is 2.00 bits per heavy atom. The van der Waals surface area contributed by atoms with Gasteiger partial charge in [0.25, 0.3) is 0 Å². The number of halogens is 1. The van der Waals surface area contributed by atoms with Gasteiger partial charge in [-0.2, -0.15) is 0 Å². The molecule has 112 valence electrons. The summed E-state index contributed by atoms with van der Waals surface area (Å²) in [5.41, 5.74) is 2.72. The van der Waals surface area contributed by atoms with Crippen LogP contribution in [0.15, 0.2) is 53.1 Å². The van der Waals surface area contributed by atoms with Crippen LogP contribution in [0.1, 0.15) is 5.56 Å². The molecule has 0 atom stereocenters. The van der Waals surface area contributed by atoms with Crippen molar-refractivity contribution >= 4 is 38.4 Å². The molecule has 3 rings (SSSR count). The third-order valence-corrected chi connectivity index (χ3v) is 3.98. The van der Waals surface area contributed by atoms with E-state index in [0.29, 0.717) is 6.42 Å². The van der Waals surface area contributed by atoms with Crippen molar-refractivity contribution in [1.82, 2.24) is 4.98 Å². The lowest BCUT2D eigenvalue weighted by Crippen LogP contribution is -2.14. The molecule has 1 amide bonds. The molecule has 0 unspecified atom stereocenters. The number of rotatable bonds is 4. The highest BCUT2D eigenvalue weighted by Crippen LogP contribution is 2.24. The van der Waals surface area contributed by atoms with Crippen LogP contribution in [0.2, 0.25) is 0 Å². The summed E-state index contributed by atoms with van der Waals surface area (Å²) in [5, 5.41) is 3.90. The minimum Gasteiger partial charge on any atom is -0.497 e. The van der Waals surface area contributed by atoms with Crippen LogP contribution in [0.3, 0.4) is 0 Å². The molecule has 1 heterocycles. The van der Waals surface area contributed by atoms with Crippen molar-refractivity contribution in [3.63, 3.8) is 0 Å². The Bertz CT molecular complexity index is 809. The molecule has 0 saturated carbocycles. The number of hydrogen-bond acceptors (Lipinski definition) is 2. The first-order valence-corrected chi connectivity index (χ1v) is 7.64. The minimum absolute atomic E-state index is 0.0500. The number of aromatic nitrogens is 1. The van der Waals surface area contributed by atoms with Crippen LogP contribution in [-0.4, -0.2) is 18.0 Å². The Hall–Kier alpha value is -2.27. The summed E-state index contributed by atoms with van der Waals surface area (Å²) in [4.78, 5) is 15.4. The molecule has 5 heteroatoms. The number of benzene rings is 2. The zero-order chi connectivity index (χ0) is 15.5. The van der Waals surface area contributed by atoms with Crippen LogP contribution in [0.25, 0.3) is 10.9 Å². The van der Waals surface area contributed by atoms with Gasteiger partial charge in [-0.05, 0) is 48.0 Å². The number of ether oxygens (including phenoxy) is 1. The molecule has 2 aromatic carbocycles. The maximum Gasteiger partial charge on any atom is 0.228 e. The fraction of sp³-hybridized carbons (Fsp3) is 0.118. The number of carbonyl (C=O) groups excluding carboxylic acids is 1. The van der Waals surface area contributed by atoms with E-state index in [4.69, 9.17) is 4.74 Å². The van der Waals surface area contributed by atoms with E-state index in [1.807, 2.05) is 48.7 Å². The van der Waals surface area contributed by atoms with Crippen molar-refractivity contribution in [3.05, 3.63) is 58.7 Å². The zero-order valence-corrected chi connectivity index (χ0v) is 13.6. The Morgan fingerprint density at radius 3 is 2.73 bits per heavy atom. The van der Waals surface area contributed by atoms with E-state index >= 15 is 0 Å². The summed E-state index contributed by atoms with van der Waals surface area (Å²) < 4.78 is 6.22. The highest BCUT2D eigenvalue weighted by molar-refractivity contribution is 9.10. The summed E-state index contributed by atoms with van der Waals surface area (Å²) in [5.74, 6) is 0.729. The Kier molecular flexibility index (Phi) is 4.15. The van der Waals surface area contributed by atoms with Gasteiger partial charge in [0.15, 0.2) is 0 Å². The van der Waals surface area contributed by atoms with Crippen LogP contribution in [-0.2, 0) is 11.2 Å².